The first kappa shape index (κ1) is 14.3. The molecule has 0 amide bonds. The van der Waals surface area contributed by atoms with Crippen LogP contribution in [-0.4, -0.2) is 27.7 Å². The van der Waals surface area contributed by atoms with Gasteiger partial charge >= 0.3 is 0 Å². The van der Waals surface area contributed by atoms with Crippen molar-refractivity contribution >= 4 is 22.8 Å². The molecular weight excluding hydrogens is 262 g/mol. The van der Waals surface area contributed by atoms with Crippen molar-refractivity contribution in [2.45, 2.75) is 39.1 Å². The molecule has 0 saturated heterocycles. The zero-order chi connectivity index (χ0) is 13.7. The van der Waals surface area contributed by atoms with E-state index in [0.29, 0.717) is 12.5 Å². The Morgan fingerprint density at radius 2 is 2.11 bits per heavy atom. The minimum atomic E-state index is 0.393. The summed E-state index contributed by atoms with van der Waals surface area (Å²) in [4.78, 5) is 9.05. The molecule has 19 heavy (non-hydrogen) atoms. The number of unbranched alkanes of at least 4 members (excludes halogenated alkanes) is 1. The largest absolute Gasteiger partial charge is 0.380 e. The number of hydrogen-bond donors (Lipinski definition) is 0. The predicted molar refractivity (Wildman–Crippen MR) is 77.5 cm³/mol. The molecule has 2 aromatic rings. The van der Waals surface area contributed by atoms with Crippen LogP contribution in [-0.2, 0) is 17.2 Å². The minimum absolute atomic E-state index is 0.393. The van der Waals surface area contributed by atoms with Gasteiger partial charge in [-0.25, -0.2) is 9.97 Å². The van der Waals surface area contributed by atoms with Crippen LogP contribution in [0.1, 0.15) is 31.3 Å². The summed E-state index contributed by atoms with van der Waals surface area (Å²) >= 11 is 5.95. The highest BCUT2D eigenvalue weighted by atomic mass is 35.5. The smallest absolute Gasteiger partial charge is 0.160 e. The van der Waals surface area contributed by atoms with Gasteiger partial charge in [-0.2, -0.15) is 0 Å². The Balaban J connectivity index is 2.13. The first-order valence-corrected chi connectivity index (χ1v) is 7.26. The van der Waals surface area contributed by atoms with Gasteiger partial charge in [-0.05, 0) is 25.5 Å². The summed E-state index contributed by atoms with van der Waals surface area (Å²) in [7, 11) is 0. The molecule has 0 unspecified atom stereocenters. The van der Waals surface area contributed by atoms with E-state index in [1.807, 2.05) is 19.1 Å². The molecule has 2 heterocycles. The number of hydrogen-bond acceptors (Lipinski definition) is 3. The fourth-order valence-electron chi connectivity index (χ4n) is 1.98. The quantitative estimate of drug-likeness (QED) is 0.577. The number of rotatable bonds is 7. The molecule has 0 N–H and O–H groups in total. The molecule has 0 saturated carbocycles. The molecule has 0 spiro atoms. The normalized spacial score (nSPS) is 11.3. The molecule has 4 nitrogen and oxygen atoms in total. The van der Waals surface area contributed by atoms with E-state index in [4.69, 9.17) is 16.3 Å². The topological polar surface area (TPSA) is 39.9 Å². The van der Waals surface area contributed by atoms with Crippen LogP contribution in [0.5, 0.6) is 0 Å². The van der Waals surface area contributed by atoms with E-state index < -0.39 is 0 Å². The van der Waals surface area contributed by atoms with Crippen LogP contribution in [0, 0.1) is 6.92 Å². The van der Waals surface area contributed by atoms with Gasteiger partial charge in [-0.15, -0.1) is 11.6 Å². The van der Waals surface area contributed by atoms with E-state index >= 15 is 0 Å². The Morgan fingerprint density at radius 3 is 2.84 bits per heavy atom. The van der Waals surface area contributed by atoms with E-state index in [-0.39, 0.29) is 0 Å². The SMILES string of the molecule is CCCCOCCn1c(CCl)nc2ccc(C)nc21. The van der Waals surface area contributed by atoms with Crippen molar-refractivity contribution in [3.05, 3.63) is 23.7 Å². The van der Waals surface area contributed by atoms with Crippen molar-refractivity contribution in [1.82, 2.24) is 14.5 Å². The number of imidazole rings is 1. The number of alkyl halides is 1. The first-order valence-electron chi connectivity index (χ1n) is 6.72. The van der Waals surface area contributed by atoms with Gasteiger partial charge < -0.3 is 9.30 Å². The van der Waals surface area contributed by atoms with E-state index in [9.17, 15) is 0 Å². The zero-order valence-corrected chi connectivity index (χ0v) is 12.3. The lowest BCUT2D eigenvalue weighted by Gasteiger charge is -2.08. The number of aromatic nitrogens is 3. The maximum atomic E-state index is 5.95. The lowest BCUT2D eigenvalue weighted by molar-refractivity contribution is 0.123. The molecule has 0 atom stereocenters. The van der Waals surface area contributed by atoms with E-state index in [2.05, 4.69) is 21.5 Å². The fourth-order valence-corrected chi connectivity index (χ4v) is 2.19. The predicted octanol–water partition coefficient (Wildman–Crippen LogP) is 3.30. The Labute approximate surface area is 118 Å². The van der Waals surface area contributed by atoms with Gasteiger partial charge in [-0.3, -0.25) is 0 Å². The third-order valence-corrected chi connectivity index (χ3v) is 3.27. The molecule has 0 aromatic carbocycles. The summed E-state index contributed by atoms with van der Waals surface area (Å²) in [5.41, 5.74) is 2.78. The molecule has 104 valence electrons. The molecule has 0 radical (unpaired) electrons. The number of ether oxygens (including phenoxy) is 1. The van der Waals surface area contributed by atoms with E-state index in [1.165, 1.54) is 0 Å². The first-order chi connectivity index (χ1) is 9.26. The summed E-state index contributed by atoms with van der Waals surface area (Å²) in [5, 5.41) is 0. The number of halogens is 1. The second kappa shape index (κ2) is 6.87. The summed E-state index contributed by atoms with van der Waals surface area (Å²) in [5.74, 6) is 1.25. The van der Waals surface area contributed by atoms with E-state index in [0.717, 1.165) is 48.7 Å². The molecule has 2 rings (SSSR count). The summed E-state index contributed by atoms with van der Waals surface area (Å²) in [6, 6.07) is 3.96. The third kappa shape index (κ3) is 3.45. The average Bonchev–Trinajstić information content (AvgIpc) is 2.76. The van der Waals surface area contributed by atoms with Crippen LogP contribution in [0.25, 0.3) is 11.2 Å². The van der Waals surface area contributed by atoms with Crippen LogP contribution in [0.4, 0.5) is 0 Å². The van der Waals surface area contributed by atoms with Crippen LogP contribution in [0.3, 0.4) is 0 Å². The lowest BCUT2D eigenvalue weighted by atomic mass is 10.3. The van der Waals surface area contributed by atoms with Gasteiger partial charge in [0.05, 0.1) is 12.5 Å². The molecule has 0 aliphatic rings. The number of aryl methyl sites for hydroxylation is 1. The van der Waals surface area contributed by atoms with Crippen LogP contribution >= 0.6 is 11.6 Å². The second-order valence-electron chi connectivity index (χ2n) is 4.57. The maximum Gasteiger partial charge on any atom is 0.160 e. The van der Waals surface area contributed by atoms with E-state index in [1.54, 1.807) is 0 Å². The minimum Gasteiger partial charge on any atom is -0.380 e. The zero-order valence-electron chi connectivity index (χ0n) is 11.5. The standard InChI is InChI=1S/C14H20ClN3O/c1-3-4-8-19-9-7-18-13(10-15)17-12-6-5-11(2)16-14(12)18/h5-6H,3-4,7-10H2,1-2H3. The Hall–Kier alpha value is -1.13. The number of fused-ring (bicyclic) bond motifs is 1. The van der Waals surface area contributed by atoms with Crippen molar-refractivity contribution < 1.29 is 4.74 Å². The molecule has 0 bridgehead atoms. The third-order valence-electron chi connectivity index (χ3n) is 3.03. The molecule has 0 aliphatic heterocycles. The highest BCUT2D eigenvalue weighted by Gasteiger charge is 2.10. The van der Waals surface area contributed by atoms with Gasteiger partial charge in [0.1, 0.15) is 11.3 Å². The van der Waals surface area contributed by atoms with Gasteiger partial charge in [0.15, 0.2) is 5.65 Å². The molecule has 0 aliphatic carbocycles. The fraction of sp³-hybridized carbons (Fsp3) is 0.571. The van der Waals surface area contributed by atoms with Crippen molar-refractivity contribution in [2.24, 2.45) is 0 Å². The maximum absolute atomic E-state index is 5.95. The van der Waals surface area contributed by atoms with Crippen LogP contribution in [0.2, 0.25) is 0 Å². The van der Waals surface area contributed by atoms with Gasteiger partial charge in [0, 0.05) is 18.8 Å². The number of nitrogens with zero attached hydrogens (tertiary/aromatic N) is 3. The Bertz CT molecular complexity index is 539. The van der Waals surface area contributed by atoms with Crippen LogP contribution < -0.4 is 0 Å². The molecule has 5 heteroatoms. The second-order valence-corrected chi connectivity index (χ2v) is 4.84. The van der Waals surface area contributed by atoms with Gasteiger partial charge in [0.25, 0.3) is 0 Å². The Morgan fingerprint density at radius 1 is 1.26 bits per heavy atom. The van der Waals surface area contributed by atoms with Crippen LogP contribution in [0.15, 0.2) is 12.1 Å². The summed E-state index contributed by atoms with van der Waals surface area (Å²) in [6.45, 7) is 6.37. The monoisotopic (exact) mass is 281 g/mol. The molecule has 2 aromatic heterocycles. The highest BCUT2D eigenvalue weighted by Crippen LogP contribution is 2.16. The number of pyridine rings is 1. The van der Waals surface area contributed by atoms with Crippen molar-refractivity contribution in [2.75, 3.05) is 13.2 Å². The van der Waals surface area contributed by atoms with Gasteiger partial charge in [0.2, 0.25) is 0 Å². The highest BCUT2D eigenvalue weighted by molar-refractivity contribution is 6.16. The van der Waals surface area contributed by atoms with Gasteiger partial charge in [-0.1, -0.05) is 13.3 Å². The van der Waals surface area contributed by atoms with Crippen molar-refractivity contribution in [1.29, 1.82) is 0 Å². The Kier molecular flexibility index (Phi) is 5.16. The average molecular weight is 282 g/mol. The molecular formula is C14H20ClN3O. The van der Waals surface area contributed by atoms with Crippen molar-refractivity contribution in [3.63, 3.8) is 0 Å². The summed E-state index contributed by atoms with van der Waals surface area (Å²) < 4.78 is 7.66. The summed E-state index contributed by atoms with van der Waals surface area (Å²) in [6.07, 6.45) is 2.26. The molecule has 0 fully saturated rings. The van der Waals surface area contributed by atoms with Crippen molar-refractivity contribution in [3.8, 4) is 0 Å². The lowest BCUT2D eigenvalue weighted by Crippen LogP contribution is -2.10.